The number of amides is 1. The molecule has 2 aromatic carbocycles. The lowest BCUT2D eigenvalue weighted by molar-refractivity contribution is -0.111. The molecule has 0 aliphatic carbocycles. The van der Waals surface area contributed by atoms with Crippen LogP contribution in [0.2, 0.25) is 5.02 Å². The third kappa shape index (κ3) is 4.75. The van der Waals surface area contributed by atoms with Crippen LogP contribution < -0.4 is 9.62 Å². The van der Waals surface area contributed by atoms with Gasteiger partial charge in [-0.3, -0.25) is 14.4 Å². The number of nitrogens with zero attached hydrogens (tertiary/aromatic N) is 3. The van der Waals surface area contributed by atoms with Crippen molar-refractivity contribution in [3.63, 3.8) is 0 Å². The molecule has 1 heterocycles. The molecular formula is C18H15ClN4O3S2. The molecule has 7 nitrogen and oxygen atoms in total. The maximum Gasteiger partial charge on any atom is 0.293 e. The molecule has 0 fully saturated rings. The van der Waals surface area contributed by atoms with Gasteiger partial charge in [0, 0.05) is 18.1 Å². The number of nitrogens with one attached hydrogen (secondary N) is 1. The quantitative estimate of drug-likeness (QED) is 0.472. The van der Waals surface area contributed by atoms with E-state index in [2.05, 4.69) is 15.5 Å². The number of sulfonamides is 1. The van der Waals surface area contributed by atoms with E-state index in [0.29, 0.717) is 10.7 Å². The zero-order valence-corrected chi connectivity index (χ0v) is 17.0. The molecule has 28 heavy (non-hydrogen) atoms. The van der Waals surface area contributed by atoms with E-state index in [0.717, 1.165) is 21.2 Å². The molecule has 0 aliphatic heterocycles. The van der Waals surface area contributed by atoms with E-state index in [9.17, 15) is 13.2 Å². The first-order chi connectivity index (χ1) is 13.4. The van der Waals surface area contributed by atoms with Crippen LogP contribution in [-0.2, 0) is 14.8 Å². The van der Waals surface area contributed by atoms with E-state index in [1.54, 1.807) is 30.3 Å². The van der Waals surface area contributed by atoms with Gasteiger partial charge in [-0.2, -0.15) is 8.42 Å². The zero-order valence-electron chi connectivity index (χ0n) is 14.6. The second kappa shape index (κ2) is 8.51. The summed E-state index contributed by atoms with van der Waals surface area (Å²) in [6.07, 6.45) is 2.98. The number of aromatic nitrogens is 2. The first-order valence-electron chi connectivity index (χ1n) is 7.98. The summed E-state index contributed by atoms with van der Waals surface area (Å²) in [6, 6.07) is 15.6. The lowest BCUT2D eigenvalue weighted by Gasteiger charge is -2.17. The van der Waals surface area contributed by atoms with E-state index in [4.69, 9.17) is 11.6 Å². The lowest BCUT2D eigenvalue weighted by atomic mass is 10.2. The number of rotatable bonds is 6. The first-order valence-corrected chi connectivity index (χ1v) is 10.6. The van der Waals surface area contributed by atoms with Crippen LogP contribution >= 0.6 is 22.9 Å². The summed E-state index contributed by atoms with van der Waals surface area (Å²) in [4.78, 5) is 12.0. The minimum Gasteiger partial charge on any atom is -0.297 e. The van der Waals surface area contributed by atoms with Crippen LogP contribution in [0, 0.1) is 0 Å². The number of anilines is 2. The molecule has 0 bridgehead atoms. The van der Waals surface area contributed by atoms with E-state index < -0.39 is 15.9 Å². The van der Waals surface area contributed by atoms with Gasteiger partial charge in [0.1, 0.15) is 0 Å². The van der Waals surface area contributed by atoms with Gasteiger partial charge >= 0.3 is 0 Å². The van der Waals surface area contributed by atoms with Crippen molar-refractivity contribution in [2.24, 2.45) is 0 Å². The minimum atomic E-state index is -3.91. The largest absolute Gasteiger partial charge is 0.297 e. The lowest BCUT2D eigenvalue weighted by Crippen LogP contribution is -2.26. The number of halogens is 1. The molecule has 3 rings (SSSR count). The summed E-state index contributed by atoms with van der Waals surface area (Å²) >= 11 is 6.60. The molecule has 0 saturated carbocycles. The van der Waals surface area contributed by atoms with Crippen LogP contribution in [0.3, 0.4) is 0 Å². The van der Waals surface area contributed by atoms with Gasteiger partial charge in [-0.1, -0.05) is 53.3 Å². The molecule has 1 N–H and O–H groups in total. The second-order valence-electron chi connectivity index (χ2n) is 5.56. The Labute approximate surface area is 171 Å². The topological polar surface area (TPSA) is 92.3 Å². The minimum absolute atomic E-state index is 0.0887. The van der Waals surface area contributed by atoms with Crippen molar-refractivity contribution in [2.45, 2.75) is 4.34 Å². The fourth-order valence-corrected chi connectivity index (χ4v) is 4.53. The Morgan fingerprint density at radius 1 is 1.11 bits per heavy atom. The average Bonchev–Trinajstić information content (AvgIpc) is 3.16. The Morgan fingerprint density at radius 3 is 2.46 bits per heavy atom. The SMILES string of the molecule is CN(c1ccc(Cl)cc1)S(=O)(=O)c1nnc(NC(=O)/C=C/c2ccccc2)s1. The molecule has 144 valence electrons. The molecule has 0 saturated heterocycles. The highest BCUT2D eigenvalue weighted by atomic mass is 35.5. The first kappa shape index (κ1) is 20.0. The van der Waals surface area contributed by atoms with Crippen LogP contribution in [-0.4, -0.2) is 31.6 Å². The van der Waals surface area contributed by atoms with Crippen LogP contribution in [0.5, 0.6) is 0 Å². The summed E-state index contributed by atoms with van der Waals surface area (Å²) in [5.74, 6) is -0.435. The van der Waals surface area contributed by atoms with Crippen LogP contribution in [0.25, 0.3) is 6.08 Å². The van der Waals surface area contributed by atoms with Gasteiger partial charge in [-0.25, -0.2) is 0 Å². The highest BCUT2D eigenvalue weighted by Gasteiger charge is 2.26. The average molecular weight is 435 g/mol. The molecule has 0 aliphatic rings. The molecular weight excluding hydrogens is 420 g/mol. The summed E-state index contributed by atoms with van der Waals surface area (Å²) < 4.78 is 26.2. The summed E-state index contributed by atoms with van der Waals surface area (Å²) in [5, 5.41) is 10.5. The predicted octanol–water partition coefficient (Wildman–Crippen LogP) is 3.67. The van der Waals surface area contributed by atoms with Crippen LogP contribution in [0.15, 0.2) is 65.0 Å². The van der Waals surface area contributed by atoms with Crippen molar-refractivity contribution in [3.8, 4) is 0 Å². The molecule has 1 aromatic heterocycles. The predicted molar refractivity (Wildman–Crippen MR) is 111 cm³/mol. The summed E-state index contributed by atoms with van der Waals surface area (Å²) in [5.41, 5.74) is 1.29. The maximum absolute atomic E-state index is 12.7. The van der Waals surface area contributed by atoms with Gasteiger partial charge in [0.2, 0.25) is 11.0 Å². The summed E-state index contributed by atoms with van der Waals surface area (Å²) in [7, 11) is -2.51. The van der Waals surface area contributed by atoms with Crippen molar-refractivity contribution in [1.29, 1.82) is 0 Å². The number of carbonyl (C=O) groups is 1. The van der Waals surface area contributed by atoms with Gasteiger partial charge in [0.05, 0.1) is 5.69 Å². The van der Waals surface area contributed by atoms with Crippen LogP contribution in [0.1, 0.15) is 5.56 Å². The number of carbonyl (C=O) groups excluding carboxylic acids is 1. The third-order valence-corrected chi connectivity index (χ3v) is 6.86. The van der Waals surface area contributed by atoms with E-state index in [-0.39, 0.29) is 9.47 Å². The van der Waals surface area contributed by atoms with Crippen molar-refractivity contribution in [2.75, 3.05) is 16.7 Å². The highest BCUT2D eigenvalue weighted by molar-refractivity contribution is 7.94. The monoisotopic (exact) mass is 434 g/mol. The molecule has 0 spiro atoms. The molecule has 0 radical (unpaired) electrons. The fourth-order valence-electron chi connectivity index (χ4n) is 2.15. The molecule has 10 heteroatoms. The van der Waals surface area contributed by atoms with E-state index in [1.807, 2.05) is 30.3 Å². The number of hydrogen-bond acceptors (Lipinski definition) is 6. The van der Waals surface area contributed by atoms with Gasteiger partial charge in [0.15, 0.2) is 0 Å². The van der Waals surface area contributed by atoms with Gasteiger partial charge < -0.3 is 0 Å². The van der Waals surface area contributed by atoms with Crippen molar-refractivity contribution in [1.82, 2.24) is 10.2 Å². The number of benzene rings is 2. The number of hydrogen-bond donors (Lipinski definition) is 1. The fraction of sp³-hybridized carbons (Fsp3) is 0.0556. The standard InChI is InChI=1S/C18H15ClN4O3S2/c1-23(15-10-8-14(19)9-11-15)28(25,26)18-22-21-17(27-18)20-16(24)12-7-13-5-3-2-4-6-13/h2-12H,1H3,(H,20,21,24)/b12-7+. The highest BCUT2D eigenvalue weighted by Crippen LogP contribution is 2.27. The Hall–Kier alpha value is -2.75. The molecule has 0 atom stereocenters. The van der Waals surface area contributed by atoms with Gasteiger partial charge in [-0.15, -0.1) is 10.2 Å². The third-order valence-electron chi connectivity index (χ3n) is 3.63. The molecule has 1 amide bonds. The van der Waals surface area contributed by atoms with Crippen molar-refractivity contribution >= 4 is 55.8 Å². The Morgan fingerprint density at radius 2 is 1.79 bits per heavy atom. The Bertz CT molecular complexity index is 1100. The van der Waals surface area contributed by atoms with Gasteiger partial charge in [0.25, 0.3) is 14.4 Å². The van der Waals surface area contributed by atoms with Crippen LogP contribution in [0.4, 0.5) is 10.8 Å². The normalized spacial score (nSPS) is 11.5. The van der Waals surface area contributed by atoms with Crippen molar-refractivity contribution in [3.05, 3.63) is 71.3 Å². The molecule has 3 aromatic rings. The smallest absolute Gasteiger partial charge is 0.293 e. The second-order valence-corrected chi connectivity index (χ2v) is 9.11. The maximum atomic E-state index is 12.7. The Balaban J connectivity index is 1.71. The van der Waals surface area contributed by atoms with Gasteiger partial charge in [-0.05, 0) is 35.9 Å². The molecule has 0 unspecified atom stereocenters. The summed E-state index contributed by atoms with van der Waals surface area (Å²) in [6.45, 7) is 0. The Kier molecular flexibility index (Phi) is 6.08. The van der Waals surface area contributed by atoms with E-state index >= 15 is 0 Å². The van der Waals surface area contributed by atoms with Crippen molar-refractivity contribution < 1.29 is 13.2 Å². The zero-order chi connectivity index (χ0) is 20.1. The van der Waals surface area contributed by atoms with E-state index in [1.165, 1.54) is 13.1 Å².